The Morgan fingerprint density at radius 3 is 3.00 bits per heavy atom. The Bertz CT molecular complexity index is 201. The van der Waals surface area contributed by atoms with Crippen molar-refractivity contribution >= 4 is 17.3 Å². The van der Waals surface area contributed by atoms with Crippen LogP contribution in [0.15, 0.2) is 0 Å². The summed E-state index contributed by atoms with van der Waals surface area (Å²) in [6.07, 6.45) is 1.34. The molecule has 1 fully saturated rings. The minimum atomic E-state index is 0.255. The number of nitrogens with zero attached hydrogens (tertiary/aromatic N) is 1. The SMILES string of the molecule is CCCNC(=S)NCC1CN(C)CCO1. The lowest BCUT2D eigenvalue weighted by atomic mass is 10.3. The van der Waals surface area contributed by atoms with E-state index in [1.54, 1.807) is 0 Å². The molecule has 0 saturated carbocycles. The highest BCUT2D eigenvalue weighted by Crippen LogP contribution is 2.01. The van der Waals surface area contributed by atoms with Gasteiger partial charge in [0.05, 0.1) is 12.7 Å². The second-order valence-corrected chi connectivity index (χ2v) is 4.30. The molecular weight excluding hydrogens is 210 g/mol. The Kier molecular flexibility index (Phi) is 5.90. The summed E-state index contributed by atoms with van der Waals surface area (Å²) in [6.45, 7) is 6.66. The van der Waals surface area contributed by atoms with E-state index in [9.17, 15) is 0 Å². The molecule has 0 aromatic carbocycles. The molecule has 5 heteroatoms. The summed E-state index contributed by atoms with van der Waals surface area (Å²) in [7, 11) is 2.11. The number of hydrogen-bond donors (Lipinski definition) is 2. The van der Waals surface area contributed by atoms with Crippen LogP contribution in [-0.2, 0) is 4.74 Å². The summed E-state index contributed by atoms with van der Waals surface area (Å²) in [6, 6.07) is 0. The van der Waals surface area contributed by atoms with Crippen LogP contribution in [0.5, 0.6) is 0 Å². The highest BCUT2D eigenvalue weighted by molar-refractivity contribution is 7.80. The van der Waals surface area contributed by atoms with Crippen molar-refractivity contribution in [1.29, 1.82) is 0 Å². The highest BCUT2D eigenvalue weighted by Gasteiger charge is 2.17. The van der Waals surface area contributed by atoms with Crippen LogP contribution in [0.2, 0.25) is 0 Å². The van der Waals surface area contributed by atoms with E-state index in [1.807, 2.05) is 0 Å². The number of ether oxygens (including phenoxy) is 1. The molecule has 0 amide bonds. The topological polar surface area (TPSA) is 36.5 Å². The fraction of sp³-hybridized carbons (Fsp3) is 0.900. The van der Waals surface area contributed by atoms with Crippen molar-refractivity contribution in [2.75, 3.05) is 39.8 Å². The van der Waals surface area contributed by atoms with E-state index in [0.717, 1.165) is 44.3 Å². The smallest absolute Gasteiger partial charge is 0.166 e. The van der Waals surface area contributed by atoms with Gasteiger partial charge in [-0.25, -0.2) is 0 Å². The second kappa shape index (κ2) is 6.98. The molecule has 0 aromatic rings. The molecule has 0 bridgehead atoms. The van der Waals surface area contributed by atoms with Crippen LogP contribution in [0.25, 0.3) is 0 Å². The number of nitrogens with one attached hydrogen (secondary N) is 2. The first-order valence-electron chi connectivity index (χ1n) is 5.54. The van der Waals surface area contributed by atoms with E-state index in [1.165, 1.54) is 0 Å². The number of rotatable bonds is 4. The van der Waals surface area contributed by atoms with Crippen LogP contribution < -0.4 is 10.6 Å². The molecule has 1 rings (SSSR count). The molecule has 1 heterocycles. The Morgan fingerprint density at radius 2 is 2.33 bits per heavy atom. The zero-order valence-corrected chi connectivity index (χ0v) is 10.4. The summed E-state index contributed by atoms with van der Waals surface area (Å²) in [4.78, 5) is 2.28. The summed E-state index contributed by atoms with van der Waals surface area (Å²) < 4.78 is 5.61. The number of morpholine rings is 1. The molecule has 1 aliphatic heterocycles. The van der Waals surface area contributed by atoms with E-state index in [-0.39, 0.29) is 6.10 Å². The maximum Gasteiger partial charge on any atom is 0.166 e. The molecule has 4 nitrogen and oxygen atoms in total. The first-order chi connectivity index (χ1) is 7.22. The van der Waals surface area contributed by atoms with Gasteiger partial charge < -0.3 is 20.3 Å². The van der Waals surface area contributed by atoms with Crippen LogP contribution in [-0.4, -0.2) is 55.9 Å². The fourth-order valence-corrected chi connectivity index (χ4v) is 1.68. The highest BCUT2D eigenvalue weighted by atomic mass is 32.1. The van der Waals surface area contributed by atoms with E-state index < -0.39 is 0 Å². The average Bonchev–Trinajstić information content (AvgIpc) is 2.23. The molecule has 0 aromatic heterocycles. The second-order valence-electron chi connectivity index (χ2n) is 3.89. The molecule has 88 valence electrons. The Hall–Kier alpha value is -0.390. The molecule has 0 aliphatic carbocycles. The predicted octanol–water partition coefficient (Wildman–Crippen LogP) is 0.191. The van der Waals surface area contributed by atoms with Gasteiger partial charge in [-0.3, -0.25) is 0 Å². The normalized spacial score (nSPS) is 22.4. The third kappa shape index (κ3) is 5.30. The van der Waals surface area contributed by atoms with Crippen LogP contribution in [0, 0.1) is 0 Å². The van der Waals surface area contributed by atoms with E-state index in [4.69, 9.17) is 17.0 Å². The molecule has 15 heavy (non-hydrogen) atoms. The quantitative estimate of drug-likeness (QED) is 0.676. The van der Waals surface area contributed by atoms with Crippen molar-refractivity contribution < 1.29 is 4.74 Å². The summed E-state index contributed by atoms with van der Waals surface area (Å²) in [5, 5.41) is 7.04. The van der Waals surface area contributed by atoms with Crippen molar-refractivity contribution in [1.82, 2.24) is 15.5 Å². The third-order valence-corrected chi connectivity index (χ3v) is 2.66. The summed E-state index contributed by atoms with van der Waals surface area (Å²) >= 11 is 5.13. The predicted molar refractivity (Wildman–Crippen MR) is 66.1 cm³/mol. The van der Waals surface area contributed by atoms with E-state index >= 15 is 0 Å². The summed E-state index contributed by atoms with van der Waals surface area (Å²) in [5.41, 5.74) is 0. The monoisotopic (exact) mass is 231 g/mol. The van der Waals surface area contributed by atoms with Gasteiger partial charge >= 0.3 is 0 Å². The largest absolute Gasteiger partial charge is 0.374 e. The zero-order valence-electron chi connectivity index (χ0n) is 9.58. The molecule has 1 atom stereocenters. The van der Waals surface area contributed by atoms with Gasteiger partial charge in [0.1, 0.15) is 0 Å². The molecule has 1 aliphatic rings. The van der Waals surface area contributed by atoms with Gasteiger partial charge in [-0.15, -0.1) is 0 Å². The zero-order chi connectivity index (χ0) is 11.1. The molecular formula is C10H21N3OS. The minimum absolute atomic E-state index is 0.255. The average molecular weight is 231 g/mol. The molecule has 2 N–H and O–H groups in total. The minimum Gasteiger partial charge on any atom is -0.374 e. The first kappa shape index (κ1) is 12.7. The van der Waals surface area contributed by atoms with Crippen LogP contribution in [0.3, 0.4) is 0 Å². The Morgan fingerprint density at radius 1 is 1.53 bits per heavy atom. The van der Waals surface area contributed by atoms with E-state index in [2.05, 4.69) is 29.5 Å². The molecule has 1 unspecified atom stereocenters. The van der Waals surface area contributed by atoms with Crippen molar-refractivity contribution in [3.63, 3.8) is 0 Å². The first-order valence-corrected chi connectivity index (χ1v) is 5.95. The number of hydrogen-bond acceptors (Lipinski definition) is 3. The summed E-state index contributed by atoms with van der Waals surface area (Å²) in [5.74, 6) is 0. The van der Waals surface area contributed by atoms with Crippen molar-refractivity contribution in [3.8, 4) is 0 Å². The lowest BCUT2D eigenvalue weighted by Gasteiger charge is -2.30. The fourth-order valence-electron chi connectivity index (χ4n) is 1.50. The number of thiocarbonyl (C=S) groups is 1. The van der Waals surface area contributed by atoms with Gasteiger partial charge in [-0.1, -0.05) is 6.92 Å². The van der Waals surface area contributed by atoms with Crippen molar-refractivity contribution in [2.45, 2.75) is 19.4 Å². The van der Waals surface area contributed by atoms with E-state index in [0.29, 0.717) is 0 Å². The molecule has 0 radical (unpaired) electrons. The lowest BCUT2D eigenvalue weighted by Crippen LogP contribution is -2.47. The lowest BCUT2D eigenvalue weighted by molar-refractivity contribution is -0.0160. The van der Waals surface area contributed by atoms with Crippen LogP contribution in [0.1, 0.15) is 13.3 Å². The molecule has 1 saturated heterocycles. The van der Waals surface area contributed by atoms with Crippen LogP contribution >= 0.6 is 12.2 Å². The third-order valence-electron chi connectivity index (χ3n) is 2.37. The standard InChI is InChI=1S/C10H21N3OS/c1-3-4-11-10(15)12-7-9-8-13(2)5-6-14-9/h9H,3-8H2,1-2H3,(H2,11,12,15). The number of likely N-dealkylation sites (N-methyl/N-ethyl adjacent to an activating group) is 1. The van der Waals surface area contributed by atoms with Gasteiger partial charge in [0.2, 0.25) is 0 Å². The van der Waals surface area contributed by atoms with Gasteiger partial charge in [-0.2, -0.15) is 0 Å². The van der Waals surface area contributed by atoms with Crippen molar-refractivity contribution in [3.05, 3.63) is 0 Å². The van der Waals surface area contributed by atoms with Gasteiger partial charge in [0, 0.05) is 26.2 Å². The Balaban J connectivity index is 2.10. The van der Waals surface area contributed by atoms with Gasteiger partial charge in [-0.05, 0) is 25.7 Å². The van der Waals surface area contributed by atoms with Crippen molar-refractivity contribution in [2.24, 2.45) is 0 Å². The maximum atomic E-state index is 5.61. The Labute approximate surface area is 97.3 Å². The van der Waals surface area contributed by atoms with Crippen LogP contribution in [0.4, 0.5) is 0 Å². The molecule has 0 spiro atoms. The maximum absolute atomic E-state index is 5.61. The van der Waals surface area contributed by atoms with Gasteiger partial charge in [0.15, 0.2) is 5.11 Å². The van der Waals surface area contributed by atoms with Gasteiger partial charge in [0.25, 0.3) is 0 Å².